The number of halogens is 2. The molecule has 0 aliphatic carbocycles. The third-order valence-corrected chi connectivity index (χ3v) is 2.96. The summed E-state index contributed by atoms with van der Waals surface area (Å²) >= 11 is 5.82. The van der Waals surface area contributed by atoms with E-state index in [1.807, 2.05) is 12.1 Å². The fraction of sp³-hybridized carbons (Fsp3) is 0. The van der Waals surface area contributed by atoms with Gasteiger partial charge in [0.2, 0.25) is 5.95 Å². The van der Waals surface area contributed by atoms with Crippen molar-refractivity contribution in [2.45, 2.75) is 0 Å². The maximum absolute atomic E-state index is 12.9. The van der Waals surface area contributed by atoms with Crippen molar-refractivity contribution >= 4 is 23.2 Å². The molecule has 0 aliphatic heterocycles. The van der Waals surface area contributed by atoms with Gasteiger partial charge in [-0.1, -0.05) is 11.6 Å². The molecule has 0 saturated heterocycles. The van der Waals surface area contributed by atoms with E-state index in [-0.39, 0.29) is 5.82 Å². The molecule has 4 nitrogen and oxygen atoms in total. The SMILES string of the molecule is Fc1ccc(-c2nc(Nc3ccc(Cl)cc3)n[nH]2)cc1. The highest BCUT2D eigenvalue weighted by Gasteiger charge is 2.06. The van der Waals surface area contributed by atoms with Gasteiger partial charge in [0.25, 0.3) is 0 Å². The summed E-state index contributed by atoms with van der Waals surface area (Å²) in [4.78, 5) is 4.29. The summed E-state index contributed by atoms with van der Waals surface area (Å²) in [5.41, 5.74) is 1.60. The van der Waals surface area contributed by atoms with E-state index >= 15 is 0 Å². The second-order valence-electron chi connectivity index (χ2n) is 4.15. The minimum absolute atomic E-state index is 0.284. The van der Waals surface area contributed by atoms with Crippen LogP contribution >= 0.6 is 11.6 Å². The lowest BCUT2D eigenvalue weighted by Crippen LogP contribution is -1.91. The number of nitrogens with zero attached hydrogens (tertiary/aromatic N) is 2. The van der Waals surface area contributed by atoms with Gasteiger partial charge in [-0.3, -0.25) is 5.10 Å². The van der Waals surface area contributed by atoms with Crippen molar-refractivity contribution in [3.8, 4) is 11.4 Å². The predicted molar refractivity (Wildman–Crippen MR) is 76.5 cm³/mol. The summed E-state index contributed by atoms with van der Waals surface area (Å²) in [6, 6.07) is 13.2. The number of hydrogen-bond acceptors (Lipinski definition) is 3. The minimum Gasteiger partial charge on any atom is -0.323 e. The lowest BCUT2D eigenvalue weighted by atomic mass is 10.2. The number of hydrogen-bond donors (Lipinski definition) is 2. The zero-order chi connectivity index (χ0) is 13.9. The zero-order valence-corrected chi connectivity index (χ0v) is 11.0. The normalized spacial score (nSPS) is 10.5. The highest BCUT2D eigenvalue weighted by molar-refractivity contribution is 6.30. The first-order chi connectivity index (χ1) is 9.70. The molecule has 3 aromatic rings. The van der Waals surface area contributed by atoms with E-state index in [1.54, 1.807) is 24.3 Å². The third kappa shape index (κ3) is 2.78. The Kier molecular flexibility index (Phi) is 3.35. The molecule has 2 aromatic carbocycles. The van der Waals surface area contributed by atoms with Gasteiger partial charge in [-0.05, 0) is 48.5 Å². The summed E-state index contributed by atoms with van der Waals surface area (Å²) in [5.74, 6) is 0.723. The molecule has 0 amide bonds. The molecular formula is C14H10ClFN4. The second kappa shape index (κ2) is 5.30. The van der Waals surface area contributed by atoms with Gasteiger partial charge in [-0.25, -0.2) is 4.39 Å². The Morgan fingerprint density at radius 2 is 1.70 bits per heavy atom. The standard InChI is InChI=1S/C14H10ClFN4/c15-10-3-7-12(8-4-10)17-14-18-13(19-20-14)9-1-5-11(16)6-2-9/h1-8H,(H2,17,18,19,20). The number of aromatic amines is 1. The van der Waals surface area contributed by atoms with Gasteiger partial charge in [0, 0.05) is 16.3 Å². The number of aromatic nitrogens is 3. The van der Waals surface area contributed by atoms with Crippen LogP contribution < -0.4 is 5.32 Å². The molecule has 0 atom stereocenters. The maximum atomic E-state index is 12.9. The van der Waals surface area contributed by atoms with Gasteiger partial charge in [0.05, 0.1) is 0 Å². The quantitative estimate of drug-likeness (QED) is 0.766. The molecule has 0 bridgehead atoms. The number of rotatable bonds is 3. The van der Waals surface area contributed by atoms with Gasteiger partial charge in [-0.15, -0.1) is 5.10 Å². The van der Waals surface area contributed by atoms with Crippen molar-refractivity contribution in [3.63, 3.8) is 0 Å². The van der Waals surface area contributed by atoms with Crippen molar-refractivity contribution in [1.29, 1.82) is 0 Å². The van der Waals surface area contributed by atoms with Crippen LogP contribution in [0, 0.1) is 5.82 Å². The van der Waals surface area contributed by atoms with Crippen LogP contribution in [0.15, 0.2) is 48.5 Å². The lowest BCUT2D eigenvalue weighted by molar-refractivity contribution is 0.628. The molecular weight excluding hydrogens is 279 g/mol. The second-order valence-corrected chi connectivity index (χ2v) is 4.58. The summed E-state index contributed by atoms with van der Waals surface area (Å²) in [6.45, 7) is 0. The molecule has 100 valence electrons. The topological polar surface area (TPSA) is 53.6 Å². The van der Waals surface area contributed by atoms with Gasteiger partial charge >= 0.3 is 0 Å². The summed E-state index contributed by atoms with van der Waals surface area (Å²) in [5, 5.41) is 10.6. The number of anilines is 2. The van der Waals surface area contributed by atoms with Gasteiger partial charge < -0.3 is 5.32 Å². The van der Waals surface area contributed by atoms with Crippen LogP contribution in [0.2, 0.25) is 5.02 Å². The van der Waals surface area contributed by atoms with Gasteiger partial charge in [0.1, 0.15) is 5.82 Å². The molecule has 1 heterocycles. The molecule has 20 heavy (non-hydrogen) atoms. The third-order valence-electron chi connectivity index (χ3n) is 2.70. The van der Waals surface area contributed by atoms with E-state index < -0.39 is 0 Å². The predicted octanol–water partition coefficient (Wildman–Crippen LogP) is 4.01. The first kappa shape index (κ1) is 12.6. The number of H-pyrrole nitrogens is 1. The Morgan fingerprint density at radius 1 is 1.00 bits per heavy atom. The van der Waals surface area contributed by atoms with E-state index in [0.717, 1.165) is 11.3 Å². The maximum Gasteiger partial charge on any atom is 0.246 e. The Hall–Kier alpha value is -2.40. The number of benzene rings is 2. The molecule has 0 radical (unpaired) electrons. The minimum atomic E-state index is -0.284. The molecule has 2 N–H and O–H groups in total. The Morgan fingerprint density at radius 3 is 2.40 bits per heavy atom. The highest BCUT2D eigenvalue weighted by atomic mass is 35.5. The fourth-order valence-corrected chi connectivity index (χ4v) is 1.84. The van der Waals surface area contributed by atoms with E-state index in [4.69, 9.17) is 11.6 Å². The molecule has 1 aromatic heterocycles. The van der Waals surface area contributed by atoms with E-state index in [9.17, 15) is 4.39 Å². The van der Waals surface area contributed by atoms with Crippen molar-refractivity contribution in [3.05, 3.63) is 59.4 Å². The largest absolute Gasteiger partial charge is 0.323 e. The average Bonchev–Trinajstić information content (AvgIpc) is 2.91. The molecule has 0 saturated carbocycles. The van der Waals surface area contributed by atoms with Crippen molar-refractivity contribution in [1.82, 2.24) is 15.2 Å². The van der Waals surface area contributed by atoms with Gasteiger partial charge in [0.15, 0.2) is 5.82 Å². The molecule has 6 heteroatoms. The summed E-state index contributed by atoms with van der Waals surface area (Å²) < 4.78 is 12.9. The van der Waals surface area contributed by atoms with Crippen molar-refractivity contribution in [2.24, 2.45) is 0 Å². The van der Waals surface area contributed by atoms with Crippen molar-refractivity contribution < 1.29 is 4.39 Å². The van der Waals surface area contributed by atoms with E-state index in [1.165, 1.54) is 12.1 Å². The van der Waals surface area contributed by atoms with Crippen molar-refractivity contribution in [2.75, 3.05) is 5.32 Å². The van der Waals surface area contributed by atoms with Crippen LogP contribution in [0.1, 0.15) is 0 Å². The average molecular weight is 289 g/mol. The summed E-state index contributed by atoms with van der Waals surface area (Å²) in [7, 11) is 0. The van der Waals surface area contributed by atoms with Crippen LogP contribution in [0.5, 0.6) is 0 Å². The highest BCUT2D eigenvalue weighted by Crippen LogP contribution is 2.19. The number of nitrogens with one attached hydrogen (secondary N) is 2. The van der Waals surface area contributed by atoms with Crippen LogP contribution in [0.4, 0.5) is 16.0 Å². The van der Waals surface area contributed by atoms with Crippen LogP contribution in [0.3, 0.4) is 0 Å². The summed E-state index contributed by atoms with van der Waals surface area (Å²) in [6.07, 6.45) is 0. The monoisotopic (exact) mass is 288 g/mol. The smallest absolute Gasteiger partial charge is 0.246 e. The fourth-order valence-electron chi connectivity index (χ4n) is 1.72. The zero-order valence-electron chi connectivity index (χ0n) is 10.3. The van der Waals surface area contributed by atoms with E-state index in [2.05, 4.69) is 20.5 Å². The Labute approximate surface area is 119 Å². The first-order valence-corrected chi connectivity index (χ1v) is 6.29. The van der Waals surface area contributed by atoms with Gasteiger partial charge in [-0.2, -0.15) is 4.98 Å². The molecule has 0 fully saturated rings. The Balaban J connectivity index is 1.80. The van der Waals surface area contributed by atoms with Crippen LogP contribution in [-0.2, 0) is 0 Å². The Bertz CT molecular complexity index is 707. The van der Waals surface area contributed by atoms with E-state index in [0.29, 0.717) is 16.8 Å². The lowest BCUT2D eigenvalue weighted by Gasteiger charge is -2.00. The first-order valence-electron chi connectivity index (χ1n) is 5.92. The molecule has 0 spiro atoms. The molecule has 3 rings (SSSR count). The van der Waals surface area contributed by atoms with Crippen LogP contribution in [0.25, 0.3) is 11.4 Å². The molecule has 0 unspecified atom stereocenters. The molecule has 0 aliphatic rings. The van der Waals surface area contributed by atoms with Crippen LogP contribution in [-0.4, -0.2) is 15.2 Å².